The van der Waals surface area contributed by atoms with Crippen LogP contribution in [0.15, 0.2) is 72.0 Å². The molecule has 1 fully saturated rings. The molecule has 1 saturated heterocycles. The fourth-order valence-corrected chi connectivity index (χ4v) is 4.51. The van der Waals surface area contributed by atoms with Crippen LogP contribution >= 0.6 is 0 Å². The maximum Gasteiger partial charge on any atom is 0.132 e. The predicted molar refractivity (Wildman–Crippen MR) is 117 cm³/mol. The van der Waals surface area contributed by atoms with Gasteiger partial charge in [-0.15, -0.1) is 0 Å². The highest BCUT2D eigenvalue weighted by atomic mass is 16.6. The second-order valence-corrected chi connectivity index (χ2v) is 7.90. The standard InChI is InChI=1S/C24H24N6O/c1-17-23(29-31-28-17)22-9-5-13-30(22)24-18(6-4-12-27-24)14-21(19-7-2-10-25-15-19)20-8-3-11-26-16-20/h2-4,6-8,10-12,15-16,21-22H,5,9,13-14H2,1H3. The molecule has 0 bridgehead atoms. The van der Waals surface area contributed by atoms with Crippen LogP contribution < -0.4 is 4.90 Å². The Morgan fingerprint density at radius 1 is 1.00 bits per heavy atom. The number of pyridine rings is 3. The Kier molecular flexibility index (Phi) is 5.39. The van der Waals surface area contributed by atoms with Crippen molar-refractivity contribution in [3.05, 3.63) is 95.5 Å². The Morgan fingerprint density at radius 2 is 1.74 bits per heavy atom. The number of hydrogen-bond donors (Lipinski definition) is 0. The zero-order chi connectivity index (χ0) is 21.0. The molecule has 7 nitrogen and oxygen atoms in total. The third kappa shape index (κ3) is 3.91. The van der Waals surface area contributed by atoms with Crippen LogP contribution in [-0.4, -0.2) is 31.8 Å². The first-order chi connectivity index (χ1) is 15.3. The summed E-state index contributed by atoms with van der Waals surface area (Å²) < 4.78 is 4.99. The highest BCUT2D eigenvalue weighted by Crippen LogP contribution is 2.38. The molecule has 5 heterocycles. The van der Waals surface area contributed by atoms with E-state index in [9.17, 15) is 0 Å². The van der Waals surface area contributed by atoms with Crippen LogP contribution in [0.25, 0.3) is 0 Å². The highest BCUT2D eigenvalue weighted by molar-refractivity contribution is 5.51. The lowest BCUT2D eigenvalue weighted by Crippen LogP contribution is -2.26. The molecule has 0 aromatic carbocycles. The summed E-state index contributed by atoms with van der Waals surface area (Å²) in [5.74, 6) is 1.15. The summed E-state index contributed by atoms with van der Waals surface area (Å²) in [6, 6.07) is 12.5. The van der Waals surface area contributed by atoms with E-state index in [2.05, 4.69) is 43.4 Å². The molecule has 5 rings (SSSR count). The van der Waals surface area contributed by atoms with Gasteiger partial charge in [-0.1, -0.05) is 28.5 Å². The van der Waals surface area contributed by atoms with Gasteiger partial charge in [-0.25, -0.2) is 9.61 Å². The van der Waals surface area contributed by atoms with Gasteiger partial charge in [0.15, 0.2) is 0 Å². The molecule has 4 aromatic rings. The summed E-state index contributed by atoms with van der Waals surface area (Å²) in [6.45, 7) is 2.88. The molecule has 1 unspecified atom stereocenters. The van der Waals surface area contributed by atoms with Crippen molar-refractivity contribution in [3.8, 4) is 0 Å². The average molecular weight is 412 g/mol. The van der Waals surface area contributed by atoms with Gasteiger partial charge in [0.2, 0.25) is 0 Å². The minimum atomic E-state index is 0.134. The molecule has 0 radical (unpaired) electrons. The molecule has 0 saturated carbocycles. The maximum atomic E-state index is 4.99. The first kappa shape index (κ1) is 19.4. The summed E-state index contributed by atoms with van der Waals surface area (Å²) in [4.78, 5) is 15.9. The molecule has 0 N–H and O–H groups in total. The van der Waals surface area contributed by atoms with Gasteiger partial charge in [0.1, 0.15) is 17.2 Å². The molecule has 0 aliphatic carbocycles. The van der Waals surface area contributed by atoms with Gasteiger partial charge < -0.3 is 4.90 Å². The Morgan fingerprint density at radius 3 is 2.39 bits per heavy atom. The van der Waals surface area contributed by atoms with Crippen molar-refractivity contribution >= 4 is 5.82 Å². The zero-order valence-corrected chi connectivity index (χ0v) is 17.4. The van der Waals surface area contributed by atoms with Gasteiger partial charge in [-0.05, 0) is 61.1 Å². The third-order valence-electron chi connectivity index (χ3n) is 5.99. The van der Waals surface area contributed by atoms with Gasteiger partial charge >= 0.3 is 0 Å². The summed E-state index contributed by atoms with van der Waals surface area (Å²) in [6.07, 6.45) is 12.3. The smallest absolute Gasteiger partial charge is 0.132 e. The molecule has 0 spiro atoms. The van der Waals surface area contributed by atoms with Crippen LogP contribution in [0.1, 0.15) is 52.9 Å². The zero-order valence-electron chi connectivity index (χ0n) is 17.4. The van der Waals surface area contributed by atoms with Gasteiger partial charge in [-0.2, -0.15) is 0 Å². The van der Waals surface area contributed by atoms with Gasteiger partial charge in [0, 0.05) is 43.4 Å². The van der Waals surface area contributed by atoms with E-state index in [0.717, 1.165) is 43.0 Å². The highest BCUT2D eigenvalue weighted by Gasteiger charge is 2.32. The summed E-state index contributed by atoms with van der Waals surface area (Å²) in [5.41, 5.74) is 5.28. The second kappa shape index (κ2) is 8.63. The van der Waals surface area contributed by atoms with E-state index < -0.39 is 0 Å². The average Bonchev–Trinajstić information content (AvgIpc) is 3.47. The van der Waals surface area contributed by atoms with E-state index in [0.29, 0.717) is 0 Å². The van der Waals surface area contributed by atoms with E-state index >= 15 is 0 Å². The van der Waals surface area contributed by atoms with Crippen molar-refractivity contribution < 1.29 is 4.63 Å². The molecule has 7 heteroatoms. The minimum absolute atomic E-state index is 0.134. The van der Waals surface area contributed by atoms with Crippen molar-refractivity contribution in [2.75, 3.05) is 11.4 Å². The van der Waals surface area contributed by atoms with Crippen molar-refractivity contribution in [2.24, 2.45) is 0 Å². The number of hydrogen-bond acceptors (Lipinski definition) is 7. The lowest BCUT2D eigenvalue weighted by Gasteiger charge is -2.27. The van der Waals surface area contributed by atoms with Crippen LogP contribution in [0.3, 0.4) is 0 Å². The summed E-state index contributed by atoms with van der Waals surface area (Å²) in [7, 11) is 0. The Bertz CT molecular complexity index is 1090. The number of aryl methyl sites for hydroxylation is 1. The van der Waals surface area contributed by atoms with Crippen LogP contribution in [0.4, 0.5) is 5.82 Å². The quantitative estimate of drug-likeness (QED) is 0.467. The van der Waals surface area contributed by atoms with Gasteiger partial charge in [0.25, 0.3) is 0 Å². The summed E-state index contributed by atoms with van der Waals surface area (Å²) >= 11 is 0. The predicted octanol–water partition coefficient (Wildman–Crippen LogP) is 4.28. The van der Waals surface area contributed by atoms with Crippen molar-refractivity contribution in [2.45, 2.75) is 38.1 Å². The molecular formula is C24H24N6O. The molecule has 156 valence electrons. The largest absolute Gasteiger partial charge is 0.348 e. The number of nitrogens with zero attached hydrogens (tertiary/aromatic N) is 6. The summed E-state index contributed by atoms with van der Waals surface area (Å²) in [5, 5.41) is 8.18. The number of anilines is 1. The van der Waals surface area contributed by atoms with Crippen molar-refractivity contribution in [1.29, 1.82) is 0 Å². The second-order valence-electron chi connectivity index (χ2n) is 7.90. The fraction of sp³-hybridized carbons (Fsp3) is 0.292. The SMILES string of the molecule is Cc1nonc1C1CCCN1c1ncccc1CC(c1cccnc1)c1cccnc1. The first-order valence-corrected chi connectivity index (χ1v) is 10.6. The monoisotopic (exact) mass is 412 g/mol. The van der Waals surface area contributed by atoms with E-state index in [1.165, 1.54) is 16.7 Å². The topological polar surface area (TPSA) is 80.8 Å². The van der Waals surface area contributed by atoms with Gasteiger partial charge in [0.05, 0.1) is 6.04 Å². The fourth-order valence-electron chi connectivity index (χ4n) is 4.51. The minimum Gasteiger partial charge on any atom is -0.348 e. The maximum absolute atomic E-state index is 4.99. The molecule has 0 amide bonds. The van der Waals surface area contributed by atoms with E-state index in [1.54, 1.807) is 0 Å². The van der Waals surface area contributed by atoms with E-state index in [1.807, 2.05) is 56.1 Å². The van der Waals surface area contributed by atoms with Crippen LogP contribution in [-0.2, 0) is 6.42 Å². The Balaban J connectivity index is 1.52. The van der Waals surface area contributed by atoms with Crippen LogP contribution in [0.2, 0.25) is 0 Å². The molecule has 1 aliphatic heterocycles. The van der Waals surface area contributed by atoms with Crippen molar-refractivity contribution in [1.82, 2.24) is 25.3 Å². The first-order valence-electron chi connectivity index (χ1n) is 10.6. The van der Waals surface area contributed by atoms with Crippen molar-refractivity contribution in [3.63, 3.8) is 0 Å². The molecule has 4 aromatic heterocycles. The molecule has 1 atom stereocenters. The number of rotatable bonds is 6. The number of aromatic nitrogens is 5. The molecule has 1 aliphatic rings. The normalized spacial score (nSPS) is 16.2. The molecule has 31 heavy (non-hydrogen) atoms. The lowest BCUT2D eigenvalue weighted by atomic mass is 9.87. The van der Waals surface area contributed by atoms with Crippen LogP contribution in [0, 0.1) is 6.92 Å². The third-order valence-corrected chi connectivity index (χ3v) is 5.99. The van der Waals surface area contributed by atoms with Gasteiger partial charge in [-0.3, -0.25) is 9.97 Å². The molecular weight excluding hydrogens is 388 g/mol. The van der Waals surface area contributed by atoms with E-state index in [-0.39, 0.29) is 12.0 Å². The lowest BCUT2D eigenvalue weighted by molar-refractivity contribution is 0.299. The van der Waals surface area contributed by atoms with E-state index in [4.69, 9.17) is 9.61 Å². The Labute approximate surface area is 181 Å². The van der Waals surface area contributed by atoms with Crippen LogP contribution in [0.5, 0.6) is 0 Å². The Hall–Kier alpha value is -3.61.